The number of halogens is 1. The van der Waals surface area contributed by atoms with Crippen molar-refractivity contribution in [2.75, 3.05) is 6.54 Å². The number of aromatic nitrogens is 1. The maximum atomic E-state index is 13.3. The summed E-state index contributed by atoms with van der Waals surface area (Å²) in [5.74, 6) is -0.448. The van der Waals surface area contributed by atoms with Crippen LogP contribution in [0, 0.1) is 5.82 Å². The molecular weight excluding hydrogens is 267 g/mol. The molecule has 0 bridgehead atoms. The molecule has 0 radical (unpaired) electrons. The Balaban J connectivity index is 1.97. The van der Waals surface area contributed by atoms with E-state index in [0.717, 1.165) is 0 Å². The van der Waals surface area contributed by atoms with Crippen LogP contribution in [-0.4, -0.2) is 17.4 Å². The second kappa shape index (κ2) is 6.29. The van der Waals surface area contributed by atoms with E-state index in [-0.39, 0.29) is 18.3 Å². The van der Waals surface area contributed by atoms with Crippen LogP contribution in [0.25, 0.3) is 0 Å². The van der Waals surface area contributed by atoms with Crippen LogP contribution >= 0.6 is 11.3 Å². The molecule has 1 heterocycles. The minimum Gasteiger partial charge on any atom is -0.483 e. The molecule has 1 amide bonds. The number of nitrogens with one attached hydrogen (secondary N) is 1. The summed E-state index contributed by atoms with van der Waals surface area (Å²) < 4.78 is 18.6. The van der Waals surface area contributed by atoms with Crippen molar-refractivity contribution < 1.29 is 13.9 Å². The Labute approximate surface area is 114 Å². The van der Waals surface area contributed by atoms with Crippen molar-refractivity contribution in [1.29, 1.82) is 0 Å². The fraction of sp³-hybridized carbons (Fsp3) is 0.231. The van der Waals surface area contributed by atoms with E-state index in [4.69, 9.17) is 4.74 Å². The van der Waals surface area contributed by atoms with Crippen LogP contribution in [0.1, 0.15) is 22.4 Å². The lowest BCUT2D eigenvalue weighted by atomic mass is 10.3. The van der Waals surface area contributed by atoms with Gasteiger partial charge in [0.25, 0.3) is 5.91 Å². The zero-order valence-corrected chi connectivity index (χ0v) is 11.2. The van der Waals surface area contributed by atoms with E-state index in [9.17, 15) is 9.18 Å². The molecule has 0 aliphatic heterocycles. The molecule has 1 aromatic heterocycles. The molecule has 0 aliphatic rings. The summed E-state index contributed by atoms with van der Waals surface area (Å²) in [6.45, 7) is 2.54. The van der Waals surface area contributed by atoms with Gasteiger partial charge in [0.15, 0.2) is 11.6 Å². The van der Waals surface area contributed by atoms with E-state index in [1.165, 1.54) is 17.4 Å². The molecule has 0 atom stereocenters. The Bertz CT molecular complexity index is 571. The van der Waals surface area contributed by atoms with Crippen LogP contribution in [0.2, 0.25) is 0 Å². The molecule has 0 spiro atoms. The highest BCUT2D eigenvalue weighted by atomic mass is 32.1. The van der Waals surface area contributed by atoms with Crippen molar-refractivity contribution in [2.24, 2.45) is 0 Å². The first kappa shape index (κ1) is 13.5. The standard InChI is InChI=1S/C13H13FN2O2S/c1-2-15-13(17)10-8-19-12(16-10)7-18-11-6-4-3-5-9(11)14/h3-6,8H,2,7H2,1H3,(H,15,17). The number of hydrogen-bond donors (Lipinski definition) is 1. The second-order valence-electron chi connectivity index (χ2n) is 3.71. The van der Waals surface area contributed by atoms with E-state index in [0.29, 0.717) is 17.2 Å². The third kappa shape index (κ3) is 3.51. The first-order valence-corrected chi connectivity index (χ1v) is 6.68. The Morgan fingerprint density at radius 2 is 2.26 bits per heavy atom. The quantitative estimate of drug-likeness (QED) is 0.916. The SMILES string of the molecule is CCNC(=O)c1csc(COc2ccccc2F)n1. The largest absolute Gasteiger partial charge is 0.483 e. The Morgan fingerprint density at radius 3 is 3.00 bits per heavy atom. The summed E-state index contributed by atoms with van der Waals surface area (Å²) in [5, 5.41) is 4.95. The minimum atomic E-state index is -0.414. The molecule has 0 fully saturated rings. The number of thiazole rings is 1. The van der Waals surface area contributed by atoms with Gasteiger partial charge in [-0.15, -0.1) is 11.3 Å². The molecular formula is C13H13FN2O2S. The lowest BCUT2D eigenvalue weighted by molar-refractivity contribution is 0.0951. The average Bonchev–Trinajstić information content (AvgIpc) is 2.87. The number of carbonyl (C=O) groups is 1. The highest BCUT2D eigenvalue weighted by molar-refractivity contribution is 7.09. The Hall–Kier alpha value is -1.95. The fourth-order valence-electron chi connectivity index (χ4n) is 1.43. The maximum absolute atomic E-state index is 13.3. The predicted octanol–water partition coefficient (Wildman–Crippen LogP) is 2.61. The van der Waals surface area contributed by atoms with Crippen molar-refractivity contribution in [3.05, 3.63) is 46.2 Å². The van der Waals surface area contributed by atoms with Gasteiger partial charge in [0, 0.05) is 11.9 Å². The average molecular weight is 280 g/mol. The van der Waals surface area contributed by atoms with Gasteiger partial charge in [-0.05, 0) is 19.1 Å². The Kier molecular flexibility index (Phi) is 4.46. The summed E-state index contributed by atoms with van der Waals surface area (Å²) in [4.78, 5) is 15.7. The molecule has 1 N–H and O–H groups in total. The van der Waals surface area contributed by atoms with Gasteiger partial charge in [0.05, 0.1) is 0 Å². The van der Waals surface area contributed by atoms with E-state index >= 15 is 0 Å². The van der Waals surface area contributed by atoms with Crippen molar-refractivity contribution in [2.45, 2.75) is 13.5 Å². The molecule has 0 saturated heterocycles. The molecule has 0 aliphatic carbocycles. The first-order chi connectivity index (χ1) is 9.20. The van der Waals surface area contributed by atoms with Crippen LogP contribution in [-0.2, 0) is 6.61 Å². The molecule has 2 rings (SSSR count). The third-order valence-electron chi connectivity index (χ3n) is 2.31. The summed E-state index contributed by atoms with van der Waals surface area (Å²) in [6, 6.07) is 6.17. The van der Waals surface area contributed by atoms with Gasteiger partial charge in [-0.3, -0.25) is 4.79 Å². The van der Waals surface area contributed by atoms with Crippen LogP contribution in [0.4, 0.5) is 4.39 Å². The lowest BCUT2D eigenvalue weighted by Gasteiger charge is -2.04. The Morgan fingerprint density at radius 1 is 1.47 bits per heavy atom. The van der Waals surface area contributed by atoms with E-state index in [1.807, 2.05) is 6.92 Å². The summed E-state index contributed by atoms with van der Waals surface area (Å²) >= 11 is 1.31. The molecule has 19 heavy (non-hydrogen) atoms. The molecule has 6 heteroatoms. The zero-order chi connectivity index (χ0) is 13.7. The minimum absolute atomic E-state index is 0.144. The van der Waals surface area contributed by atoms with Crippen molar-refractivity contribution >= 4 is 17.2 Å². The van der Waals surface area contributed by atoms with Crippen molar-refractivity contribution in [3.8, 4) is 5.75 Å². The second-order valence-corrected chi connectivity index (χ2v) is 4.65. The summed E-state index contributed by atoms with van der Waals surface area (Å²) in [7, 11) is 0. The monoisotopic (exact) mass is 280 g/mol. The van der Waals surface area contributed by atoms with Crippen LogP contribution in [0.5, 0.6) is 5.75 Å². The van der Waals surface area contributed by atoms with E-state index < -0.39 is 5.82 Å². The van der Waals surface area contributed by atoms with Gasteiger partial charge in [-0.1, -0.05) is 12.1 Å². The van der Waals surface area contributed by atoms with Crippen molar-refractivity contribution in [1.82, 2.24) is 10.3 Å². The van der Waals surface area contributed by atoms with Gasteiger partial charge in [-0.2, -0.15) is 0 Å². The number of nitrogens with zero attached hydrogens (tertiary/aromatic N) is 1. The van der Waals surface area contributed by atoms with Crippen molar-refractivity contribution in [3.63, 3.8) is 0 Å². The smallest absolute Gasteiger partial charge is 0.270 e. The van der Waals surface area contributed by atoms with Gasteiger partial charge >= 0.3 is 0 Å². The highest BCUT2D eigenvalue weighted by Crippen LogP contribution is 2.18. The van der Waals surface area contributed by atoms with Crippen LogP contribution < -0.4 is 10.1 Å². The first-order valence-electron chi connectivity index (χ1n) is 5.80. The summed E-state index contributed by atoms with van der Waals surface area (Å²) in [6.07, 6.45) is 0. The topological polar surface area (TPSA) is 51.2 Å². The van der Waals surface area contributed by atoms with E-state index in [1.54, 1.807) is 23.6 Å². The number of rotatable bonds is 5. The van der Waals surface area contributed by atoms with Gasteiger partial charge in [-0.25, -0.2) is 9.37 Å². The van der Waals surface area contributed by atoms with Crippen LogP contribution in [0.3, 0.4) is 0 Å². The number of carbonyl (C=O) groups excluding carboxylic acids is 1. The van der Waals surface area contributed by atoms with E-state index in [2.05, 4.69) is 10.3 Å². The number of para-hydroxylation sites is 1. The molecule has 0 unspecified atom stereocenters. The number of amides is 1. The maximum Gasteiger partial charge on any atom is 0.270 e. The zero-order valence-electron chi connectivity index (χ0n) is 10.4. The predicted molar refractivity (Wildman–Crippen MR) is 70.9 cm³/mol. The molecule has 0 saturated carbocycles. The highest BCUT2D eigenvalue weighted by Gasteiger charge is 2.10. The van der Waals surface area contributed by atoms with Gasteiger partial charge in [0.2, 0.25) is 0 Å². The molecule has 2 aromatic rings. The number of benzene rings is 1. The normalized spacial score (nSPS) is 10.2. The van der Waals surface area contributed by atoms with Crippen LogP contribution in [0.15, 0.2) is 29.6 Å². The van der Waals surface area contributed by atoms with Gasteiger partial charge < -0.3 is 10.1 Å². The molecule has 1 aromatic carbocycles. The van der Waals surface area contributed by atoms with Gasteiger partial charge in [0.1, 0.15) is 17.3 Å². The summed E-state index contributed by atoms with van der Waals surface area (Å²) in [5.41, 5.74) is 0.360. The lowest BCUT2D eigenvalue weighted by Crippen LogP contribution is -2.22. The number of hydrogen-bond acceptors (Lipinski definition) is 4. The molecule has 4 nitrogen and oxygen atoms in total. The molecule has 100 valence electrons. The number of ether oxygens (including phenoxy) is 1. The fourth-order valence-corrected chi connectivity index (χ4v) is 2.12. The third-order valence-corrected chi connectivity index (χ3v) is 3.13.